The van der Waals surface area contributed by atoms with Gasteiger partial charge in [0.05, 0.1) is 18.8 Å². The van der Waals surface area contributed by atoms with E-state index < -0.39 is 123 Å². The fourth-order valence-corrected chi connectivity index (χ4v) is 10.5. The molecule has 2 fully saturated rings. The molecule has 67 heavy (non-hydrogen) atoms. The van der Waals surface area contributed by atoms with Crippen LogP contribution in [-0.4, -0.2) is 129 Å². The van der Waals surface area contributed by atoms with Crippen LogP contribution in [0.15, 0.2) is 71.8 Å². The Morgan fingerprint density at radius 2 is 1.13 bits per heavy atom. The molecule has 10 atom stereocenters. The van der Waals surface area contributed by atoms with Gasteiger partial charge in [-0.2, -0.15) is 0 Å². The second-order valence-corrected chi connectivity index (χ2v) is 22.7. The zero-order valence-electron chi connectivity index (χ0n) is 40.1. The smallest absolute Gasteiger partial charge is 0.338 e. The summed E-state index contributed by atoms with van der Waals surface area (Å²) in [6.45, 7) is 18.7. The topological polar surface area (TPSA) is 215 Å². The van der Waals surface area contributed by atoms with E-state index in [9.17, 15) is 33.6 Å². The lowest BCUT2D eigenvalue weighted by atomic mass is 9.94. The van der Waals surface area contributed by atoms with Crippen LogP contribution in [0.1, 0.15) is 85.2 Å². The van der Waals surface area contributed by atoms with Crippen LogP contribution in [0.3, 0.4) is 0 Å². The first kappa shape index (κ1) is 52.7. The lowest BCUT2D eigenvalue weighted by Gasteiger charge is -2.53. The molecule has 2 aromatic carbocycles. The zero-order valence-corrected chi connectivity index (χ0v) is 41.1. The van der Waals surface area contributed by atoms with Crippen molar-refractivity contribution in [1.29, 1.82) is 0 Å². The van der Waals surface area contributed by atoms with E-state index in [2.05, 4.69) is 0 Å². The highest BCUT2D eigenvalue weighted by atomic mass is 28.4. The maximum atomic E-state index is 14.2. The molecular weight excluding hydrogens is 891 g/mol. The van der Waals surface area contributed by atoms with E-state index in [4.69, 9.17) is 47.1 Å². The van der Waals surface area contributed by atoms with E-state index in [1.165, 1.54) is 13.8 Å². The summed E-state index contributed by atoms with van der Waals surface area (Å²) < 4.78 is 62.2. The maximum Gasteiger partial charge on any atom is 0.338 e. The molecule has 3 aliphatic rings. The quantitative estimate of drug-likeness (QED) is 0.0796. The first-order valence-corrected chi connectivity index (χ1v) is 25.1. The van der Waals surface area contributed by atoms with E-state index in [-0.39, 0.29) is 35.8 Å². The Bertz CT molecular complexity index is 2140. The third-order valence-electron chi connectivity index (χ3n) is 12.8. The summed E-state index contributed by atoms with van der Waals surface area (Å²) >= 11 is 0. The van der Waals surface area contributed by atoms with E-state index in [1.807, 2.05) is 71.1 Å². The number of amides is 2. The van der Waals surface area contributed by atoms with Gasteiger partial charge in [-0.25, -0.2) is 4.79 Å². The highest BCUT2D eigenvalue weighted by molar-refractivity contribution is 6.74. The first-order chi connectivity index (χ1) is 31.4. The third kappa shape index (κ3) is 12.4. The Balaban J connectivity index is 1.68. The molecule has 19 heteroatoms. The molecule has 366 valence electrons. The number of carbonyl (C=O) groups is 7. The van der Waals surface area contributed by atoms with Gasteiger partial charge >= 0.3 is 29.8 Å². The summed E-state index contributed by atoms with van der Waals surface area (Å²) in [5.74, 6) is -5.51. The standard InChI is InChI=1S/C48H63NO17Si/c1-26(2)48(9,10)67(11,12)66-46-37(49-43(54)27(3)28(4)44(49)55)40(60-30(6)51)38(36(63-46)25-58-45(56)34-21-17-14-18-22-34)65-47-42(62-32(8)53)41(61-31(7)52)39(59-29(5)50)35(64-47)24-57-23-33-19-15-13-16-20-33/h13-22,26,35-42,46-47H,23-25H2,1-12H3/t35-,36-,37-,38-,39+,40-,41+,42-,46+,47+/m1/s1. The number of ether oxygens (including phenoxy) is 9. The molecule has 2 amide bonds. The summed E-state index contributed by atoms with van der Waals surface area (Å²) in [4.78, 5) is 94.7. The Kier molecular flexibility index (Phi) is 17.4. The summed E-state index contributed by atoms with van der Waals surface area (Å²) in [6, 6.07) is 15.7. The van der Waals surface area contributed by atoms with E-state index in [0.717, 1.165) is 38.2 Å². The number of carbonyl (C=O) groups excluding carboxylic acids is 7. The molecule has 3 aliphatic heterocycles. The predicted octanol–water partition coefficient (Wildman–Crippen LogP) is 5.35. The van der Waals surface area contributed by atoms with E-state index in [0.29, 0.717) is 0 Å². The monoisotopic (exact) mass is 953 g/mol. The Morgan fingerprint density at radius 1 is 0.657 bits per heavy atom. The molecule has 0 N–H and O–H groups in total. The lowest BCUT2D eigenvalue weighted by molar-refractivity contribution is -0.350. The van der Waals surface area contributed by atoms with E-state index >= 15 is 0 Å². The summed E-state index contributed by atoms with van der Waals surface area (Å²) in [7, 11) is -3.00. The summed E-state index contributed by atoms with van der Waals surface area (Å²) in [5, 5.41) is -0.460. The SMILES string of the molecule is CC(=O)O[C@H]1[C@@H](OC(C)=O)[C@@H](COCc2ccccc2)O[C@@H](O[C@H]2[C@H](OC(C)=O)[C@@H](N3C(=O)C(C)=C(C)C3=O)[C@H](O[Si](C)(C)C(C)(C)C(C)C)O[C@@H]2COC(=O)c2ccccc2)[C@@H]1OC(C)=O. The number of hydrogen-bond acceptors (Lipinski definition) is 17. The predicted molar refractivity (Wildman–Crippen MR) is 239 cm³/mol. The van der Waals surface area contributed by atoms with Gasteiger partial charge in [0, 0.05) is 38.8 Å². The van der Waals surface area contributed by atoms with Crippen molar-refractivity contribution in [2.24, 2.45) is 5.92 Å². The molecule has 0 radical (unpaired) electrons. The van der Waals surface area contributed by atoms with Crippen LogP contribution in [-0.2, 0) is 82.4 Å². The summed E-state index contributed by atoms with van der Waals surface area (Å²) in [5.41, 5.74) is 1.24. The highest BCUT2D eigenvalue weighted by Crippen LogP contribution is 2.47. The molecular formula is C48H63NO17Si. The van der Waals surface area contributed by atoms with Crippen molar-refractivity contribution in [2.45, 2.75) is 155 Å². The highest BCUT2D eigenvalue weighted by Gasteiger charge is 2.61. The second-order valence-electron chi connectivity index (χ2n) is 18.2. The van der Waals surface area contributed by atoms with Gasteiger partial charge in [0.15, 0.2) is 45.3 Å². The van der Waals surface area contributed by atoms with Gasteiger partial charge in [-0.05, 0) is 55.6 Å². The van der Waals surface area contributed by atoms with Crippen molar-refractivity contribution in [1.82, 2.24) is 4.90 Å². The molecule has 0 bridgehead atoms. The molecule has 2 aromatic rings. The number of benzene rings is 2. The minimum atomic E-state index is -3.00. The maximum absolute atomic E-state index is 14.2. The van der Waals surface area contributed by atoms with Gasteiger partial charge in [0.1, 0.15) is 31.0 Å². The molecule has 3 heterocycles. The van der Waals surface area contributed by atoms with Crippen molar-refractivity contribution in [3.05, 3.63) is 82.9 Å². The first-order valence-electron chi connectivity index (χ1n) is 22.2. The third-order valence-corrected chi connectivity index (χ3v) is 17.3. The fraction of sp³-hybridized carbons (Fsp3) is 0.562. The lowest BCUT2D eigenvalue weighted by Crippen LogP contribution is -2.71. The van der Waals surface area contributed by atoms with Crippen molar-refractivity contribution in [3.63, 3.8) is 0 Å². The minimum Gasteiger partial charge on any atom is -0.459 e. The average molecular weight is 954 g/mol. The normalized spacial score (nSPS) is 26.9. The number of hydrogen-bond donors (Lipinski definition) is 0. The van der Waals surface area contributed by atoms with Crippen molar-refractivity contribution in [3.8, 4) is 0 Å². The fourth-order valence-electron chi connectivity index (χ4n) is 8.00. The molecule has 0 aliphatic carbocycles. The zero-order chi connectivity index (χ0) is 49.5. The van der Waals surface area contributed by atoms with Gasteiger partial charge in [-0.15, -0.1) is 0 Å². The van der Waals surface area contributed by atoms with Gasteiger partial charge in [-0.3, -0.25) is 33.7 Å². The molecule has 18 nitrogen and oxygen atoms in total. The van der Waals surface area contributed by atoms with Crippen LogP contribution in [0, 0.1) is 5.92 Å². The number of esters is 5. The van der Waals surface area contributed by atoms with Crippen LogP contribution >= 0.6 is 0 Å². The molecule has 5 rings (SSSR count). The van der Waals surface area contributed by atoms with Crippen molar-refractivity contribution in [2.75, 3.05) is 13.2 Å². The van der Waals surface area contributed by atoms with E-state index in [1.54, 1.807) is 30.3 Å². The summed E-state index contributed by atoms with van der Waals surface area (Å²) in [6.07, 6.45) is -14.1. The van der Waals surface area contributed by atoms with Crippen LogP contribution < -0.4 is 0 Å². The number of nitrogens with zero attached hydrogens (tertiary/aromatic N) is 1. The van der Waals surface area contributed by atoms with Crippen molar-refractivity contribution >= 4 is 50.0 Å². The van der Waals surface area contributed by atoms with Crippen LogP contribution in [0.2, 0.25) is 18.1 Å². The Morgan fingerprint density at radius 3 is 1.67 bits per heavy atom. The minimum absolute atomic E-state index is 0.0750. The molecule has 0 aromatic heterocycles. The molecule has 2 saturated heterocycles. The van der Waals surface area contributed by atoms with Crippen molar-refractivity contribution < 1.29 is 80.6 Å². The van der Waals surface area contributed by atoms with Crippen LogP contribution in [0.4, 0.5) is 0 Å². The molecule has 0 spiro atoms. The number of imide groups is 1. The van der Waals surface area contributed by atoms with Gasteiger partial charge in [0.25, 0.3) is 11.8 Å². The number of rotatable bonds is 18. The van der Waals surface area contributed by atoms with Gasteiger partial charge in [-0.1, -0.05) is 76.2 Å². The van der Waals surface area contributed by atoms with Gasteiger partial charge in [0.2, 0.25) is 0 Å². The van der Waals surface area contributed by atoms with Crippen LogP contribution in [0.25, 0.3) is 0 Å². The molecule has 0 saturated carbocycles. The largest absolute Gasteiger partial charge is 0.459 e. The average Bonchev–Trinajstić information content (AvgIpc) is 3.44. The molecule has 0 unspecified atom stereocenters. The second kappa shape index (κ2) is 22.2. The Hall–Kier alpha value is -5.31. The van der Waals surface area contributed by atoms with Crippen LogP contribution in [0.5, 0.6) is 0 Å². The van der Waals surface area contributed by atoms with Gasteiger partial charge < -0.3 is 47.1 Å². The Labute approximate surface area is 391 Å².